The van der Waals surface area contributed by atoms with Crippen molar-refractivity contribution in [2.75, 3.05) is 5.73 Å². The first-order chi connectivity index (χ1) is 12.6. The predicted octanol–water partition coefficient (Wildman–Crippen LogP) is 3.94. The summed E-state index contributed by atoms with van der Waals surface area (Å²) in [6.45, 7) is 6.20. The molecule has 1 saturated carbocycles. The van der Waals surface area contributed by atoms with Crippen molar-refractivity contribution >= 4 is 23.5 Å². The van der Waals surface area contributed by atoms with Crippen LogP contribution in [-0.2, 0) is 0 Å². The van der Waals surface area contributed by atoms with Crippen LogP contribution < -0.4 is 16.3 Å². The van der Waals surface area contributed by atoms with Crippen LogP contribution in [0.1, 0.15) is 42.6 Å². The second-order valence-electron chi connectivity index (χ2n) is 6.93. The molecule has 1 fully saturated rings. The van der Waals surface area contributed by atoms with Crippen molar-refractivity contribution in [2.45, 2.75) is 32.6 Å². The average Bonchev–Trinajstić information content (AvgIpc) is 2.91. The Bertz CT molecular complexity index is 1070. The van der Waals surface area contributed by atoms with E-state index < -0.39 is 0 Å². The molecule has 130 valence electrons. The fourth-order valence-corrected chi connectivity index (χ4v) is 3.49. The van der Waals surface area contributed by atoms with E-state index in [0.29, 0.717) is 0 Å². The summed E-state index contributed by atoms with van der Waals surface area (Å²) in [6.07, 6.45) is 10.6. The molecule has 0 radical (unpaired) electrons. The van der Waals surface area contributed by atoms with Gasteiger partial charge in [0.15, 0.2) is 0 Å². The van der Waals surface area contributed by atoms with Gasteiger partial charge in [-0.05, 0) is 67.2 Å². The van der Waals surface area contributed by atoms with Crippen molar-refractivity contribution in [1.29, 1.82) is 0 Å². The number of hydrogen-bond donors (Lipinski definition) is 1. The molecule has 1 aliphatic carbocycles. The third kappa shape index (κ3) is 3.13. The smallest absolute Gasteiger partial charge is 0.0911 e. The quantitative estimate of drug-likeness (QED) is 0.899. The molecule has 1 aromatic heterocycles. The van der Waals surface area contributed by atoms with Crippen molar-refractivity contribution in [2.24, 2.45) is 4.99 Å². The molecule has 2 aromatic rings. The Kier molecular flexibility index (Phi) is 4.29. The number of nitrogens with two attached hydrogens (primary N) is 1. The van der Waals surface area contributed by atoms with Gasteiger partial charge in [-0.15, -0.1) is 0 Å². The molecule has 2 aliphatic rings. The number of nitrogen functional groups attached to an aromatic ring is 1. The molecule has 2 N–H and O–H groups in total. The van der Waals surface area contributed by atoms with E-state index in [2.05, 4.69) is 30.9 Å². The van der Waals surface area contributed by atoms with Crippen LogP contribution in [0.2, 0.25) is 0 Å². The zero-order chi connectivity index (χ0) is 18.1. The van der Waals surface area contributed by atoms with Crippen LogP contribution in [0.15, 0.2) is 59.1 Å². The molecule has 3 nitrogen and oxygen atoms in total. The predicted molar refractivity (Wildman–Crippen MR) is 109 cm³/mol. The summed E-state index contributed by atoms with van der Waals surface area (Å²) in [5.41, 5.74) is 13.2. The fraction of sp³-hybridized carbons (Fsp3) is 0.217. The lowest BCUT2D eigenvalue weighted by Gasteiger charge is -2.10. The molecular formula is C23H23N3. The lowest BCUT2D eigenvalue weighted by Crippen LogP contribution is -2.23. The Balaban J connectivity index is 1.82. The molecule has 0 saturated heterocycles. The van der Waals surface area contributed by atoms with Crippen LogP contribution in [0, 0.1) is 6.92 Å². The number of fused-ring (bicyclic) bond motifs is 1. The molecule has 3 heteroatoms. The van der Waals surface area contributed by atoms with Crippen LogP contribution in [0.5, 0.6) is 0 Å². The minimum Gasteiger partial charge on any atom is -0.398 e. The average molecular weight is 341 g/mol. The Morgan fingerprint density at radius 1 is 1.15 bits per heavy atom. The molecule has 0 spiro atoms. The van der Waals surface area contributed by atoms with Gasteiger partial charge in [0.05, 0.1) is 22.4 Å². The highest BCUT2D eigenvalue weighted by molar-refractivity contribution is 5.71. The molecule has 0 bridgehead atoms. The number of hydrogen-bond acceptors (Lipinski definition) is 3. The molecule has 0 amide bonds. The monoisotopic (exact) mass is 341 g/mol. The van der Waals surface area contributed by atoms with E-state index in [1.54, 1.807) is 0 Å². The molecule has 4 rings (SSSR count). The van der Waals surface area contributed by atoms with Gasteiger partial charge >= 0.3 is 0 Å². The van der Waals surface area contributed by atoms with Gasteiger partial charge < -0.3 is 5.73 Å². The summed E-state index contributed by atoms with van der Waals surface area (Å²) in [6, 6.07) is 10.1. The van der Waals surface area contributed by atoms with Gasteiger partial charge in [0.2, 0.25) is 0 Å². The SMILES string of the molecule is C=C1CCC/C1=C/c1nc(C2=CCC=c3ccccc3=N2)cc(N)c1C. The van der Waals surface area contributed by atoms with Gasteiger partial charge in [-0.3, -0.25) is 0 Å². The van der Waals surface area contributed by atoms with Crippen molar-refractivity contribution < 1.29 is 0 Å². The highest BCUT2D eigenvalue weighted by Crippen LogP contribution is 2.32. The lowest BCUT2D eigenvalue weighted by molar-refractivity contribution is 0.934. The standard InChI is InChI=1S/C23H23N3/c1-15-7-5-10-18(15)13-22-16(2)19(24)14-23(26-22)21-12-6-9-17-8-3-4-11-20(17)25-21/h3-4,8-9,11-14H,1,5-7,10H2,2H3,(H2,24,26)/b18-13-. The highest BCUT2D eigenvalue weighted by Gasteiger charge is 2.14. The molecule has 1 aromatic carbocycles. The minimum atomic E-state index is 0.753. The first kappa shape index (κ1) is 16.5. The number of rotatable bonds is 2. The molecule has 0 unspecified atom stereocenters. The van der Waals surface area contributed by atoms with Gasteiger partial charge in [-0.25, -0.2) is 9.98 Å². The maximum absolute atomic E-state index is 6.30. The minimum absolute atomic E-state index is 0.753. The van der Waals surface area contributed by atoms with Crippen molar-refractivity contribution in [3.8, 4) is 0 Å². The topological polar surface area (TPSA) is 51.3 Å². The second kappa shape index (κ2) is 6.75. The Morgan fingerprint density at radius 2 is 2.00 bits per heavy atom. The molecule has 0 atom stereocenters. The van der Waals surface area contributed by atoms with Crippen LogP contribution in [0.4, 0.5) is 5.69 Å². The Morgan fingerprint density at radius 3 is 2.81 bits per heavy atom. The van der Waals surface area contributed by atoms with Crippen molar-refractivity contribution in [1.82, 2.24) is 4.98 Å². The van der Waals surface area contributed by atoms with Crippen molar-refractivity contribution in [3.05, 3.63) is 81.7 Å². The normalized spacial score (nSPS) is 18.0. The summed E-state index contributed by atoms with van der Waals surface area (Å²) in [4.78, 5) is 9.74. The van der Waals surface area contributed by atoms with E-state index in [9.17, 15) is 0 Å². The van der Waals surface area contributed by atoms with E-state index in [1.807, 2.05) is 31.2 Å². The number of nitrogens with zero attached hydrogens (tertiary/aromatic N) is 2. The summed E-state index contributed by atoms with van der Waals surface area (Å²) in [5.74, 6) is 0. The maximum Gasteiger partial charge on any atom is 0.0911 e. The van der Waals surface area contributed by atoms with Crippen LogP contribution in [0.25, 0.3) is 17.8 Å². The van der Waals surface area contributed by atoms with Gasteiger partial charge in [-0.1, -0.05) is 42.5 Å². The van der Waals surface area contributed by atoms with E-state index in [0.717, 1.165) is 58.2 Å². The van der Waals surface area contributed by atoms with Gasteiger partial charge in [-0.2, -0.15) is 0 Å². The zero-order valence-corrected chi connectivity index (χ0v) is 15.1. The second-order valence-corrected chi connectivity index (χ2v) is 6.93. The highest BCUT2D eigenvalue weighted by atomic mass is 14.8. The third-order valence-corrected chi connectivity index (χ3v) is 5.13. The van der Waals surface area contributed by atoms with Gasteiger partial charge in [0.25, 0.3) is 0 Å². The zero-order valence-electron chi connectivity index (χ0n) is 15.1. The summed E-state index contributed by atoms with van der Waals surface area (Å²) in [7, 11) is 0. The molecular weight excluding hydrogens is 318 g/mol. The molecule has 26 heavy (non-hydrogen) atoms. The third-order valence-electron chi connectivity index (χ3n) is 5.13. The van der Waals surface area contributed by atoms with E-state index >= 15 is 0 Å². The maximum atomic E-state index is 6.30. The van der Waals surface area contributed by atoms with Crippen LogP contribution in [0.3, 0.4) is 0 Å². The van der Waals surface area contributed by atoms with Gasteiger partial charge in [0, 0.05) is 5.69 Å². The largest absolute Gasteiger partial charge is 0.398 e. The molecule has 2 heterocycles. The lowest BCUT2D eigenvalue weighted by atomic mass is 10.1. The Hall–Kier alpha value is -2.94. The Labute approximate surface area is 154 Å². The van der Waals surface area contributed by atoms with Crippen molar-refractivity contribution in [3.63, 3.8) is 0 Å². The summed E-state index contributed by atoms with van der Waals surface area (Å²) >= 11 is 0. The van der Waals surface area contributed by atoms with Crippen LogP contribution in [-0.4, -0.2) is 4.98 Å². The van der Waals surface area contributed by atoms with Crippen LogP contribution >= 0.6 is 0 Å². The first-order valence-corrected chi connectivity index (χ1v) is 9.12. The fourth-order valence-electron chi connectivity index (χ4n) is 3.49. The molecule has 1 aliphatic heterocycles. The number of anilines is 1. The number of para-hydroxylation sites is 1. The van der Waals surface area contributed by atoms with Gasteiger partial charge in [0.1, 0.15) is 0 Å². The number of allylic oxidation sites excluding steroid dienone is 3. The number of aromatic nitrogens is 1. The summed E-state index contributed by atoms with van der Waals surface area (Å²) < 4.78 is 0. The van der Waals surface area contributed by atoms with E-state index in [-0.39, 0.29) is 0 Å². The summed E-state index contributed by atoms with van der Waals surface area (Å²) in [5, 5.41) is 2.13. The van der Waals surface area contributed by atoms with E-state index in [4.69, 9.17) is 15.7 Å². The first-order valence-electron chi connectivity index (χ1n) is 9.12. The van der Waals surface area contributed by atoms with E-state index in [1.165, 1.54) is 17.6 Å². The number of benzene rings is 1. The number of pyridine rings is 1.